The van der Waals surface area contributed by atoms with E-state index in [0.717, 1.165) is 16.7 Å². The fourth-order valence-corrected chi connectivity index (χ4v) is 5.28. The number of hydrogen-bond acceptors (Lipinski definition) is 5. The molecule has 0 aliphatic heterocycles. The second-order valence-corrected chi connectivity index (χ2v) is 10.1. The highest BCUT2D eigenvalue weighted by Crippen LogP contribution is 2.51. The van der Waals surface area contributed by atoms with Crippen LogP contribution in [-0.4, -0.2) is 33.9 Å². The van der Waals surface area contributed by atoms with Gasteiger partial charge in [0.1, 0.15) is 16.9 Å². The maximum atomic E-state index is 13.3. The molecule has 2 atom stereocenters. The van der Waals surface area contributed by atoms with Gasteiger partial charge in [-0.05, 0) is 37.5 Å². The summed E-state index contributed by atoms with van der Waals surface area (Å²) < 4.78 is 4.72. The van der Waals surface area contributed by atoms with Gasteiger partial charge in [-0.1, -0.05) is 91.0 Å². The minimum Gasteiger partial charge on any atom is -0.480 e. The van der Waals surface area contributed by atoms with Crippen LogP contribution in [0.2, 0.25) is 0 Å². The van der Waals surface area contributed by atoms with Gasteiger partial charge >= 0.3 is 11.9 Å². The molecule has 0 amide bonds. The summed E-state index contributed by atoms with van der Waals surface area (Å²) in [7, 11) is 0. The number of rotatable bonds is 8. The number of esters is 1. The highest BCUT2D eigenvalue weighted by molar-refractivity contribution is 8.02. The van der Waals surface area contributed by atoms with Gasteiger partial charge in [0.25, 0.3) is 0 Å². The third kappa shape index (κ3) is 5.64. The van der Waals surface area contributed by atoms with Crippen molar-refractivity contribution in [2.45, 2.75) is 42.4 Å². The summed E-state index contributed by atoms with van der Waals surface area (Å²) in [5.41, 5.74) is 8.02. The number of ether oxygens (including phenoxy) is 1. The third-order valence-electron chi connectivity index (χ3n) is 5.10. The number of benzene rings is 3. The summed E-state index contributed by atoms with van der Waals surface area (Å²) in [6.07, 6.45) is 0. The Kier molecular flexibility index (Phi) is 7.61. The number of hydrogen-bond donors (Lipinski definition) is 2. The molecule has 1 unspecified atom stereocenters. The molecule has 0 aromatic heterocycles. The maximum Gasteiger partial charge on any atom is 0.322 e. The second-order valence-electron chi connectivity index (χ2n) is 8.72. The molecule has 172 valence electrons. The molecule has 5 nitrogen and oxygen atoms in total. The lowest BCUT2D eigenvalue weighted by Gasteiger charge is -2.39. The van der Waals surface area contributed by atoms with Gasteiger partial charge in [-0.25, -0.2) is 0 Å². The van der Waals surface area contributed by atoms with Gasteiger partial charge in [0.15, 0.2) is 0 Å². The summed E-state index contributed by atoms with van der Waals surface area (Å²) in [6.45, 7) is 5.24. The van der Waals surface area contributed by atoms with Gasteiger partial charge in [0, 0.05) is 0 Å². The third-order valence-corrected chi connectivity index (χ3v) is 6.90. The van der Waals surface area contributed by atoms with Crippen LogP contribution >= 0.6 is 11.8 Å². The number of carboxylic acid groups (broad SMARTS) is 1. The van der Waals surface area contributed by atoms with Gasteiger partial charge in [-0.2, -0.15) is 0 Å². The van der Waals surface area contributed by atoms with Crippen LogP contribution in [0.25, 0.3) is 0 Å². The van der Waals surface area contributed by atoms with Gasteiger partial charge in [-0.15, -0.1) is 11.8 Å². The fourth-order valence-electron chi connectivity index (χ4n) is 3.67. The van der Waals surface area contributed by atoms with Crippen molar-refractivity contribution in [2.75, 3.05) is 0 Å². The minimum absolute atomic E-state index is 0.658. The van der Waals surface area contributed by atoms with Crippen molar-refractivity contribution >= 4 is 23.7 Å². The molecule has 0 spiro atoms. The second kappa shape index (κ2) is 10.2. The van der Waals surface area contributed by atoms with Crippen molar-refractivity contribution in [1.82, 2.24) is 0 Å². The molecule has 0 bridgehead atoms. The van der Waals surface area contributed by atoms with E-state index in [4.69, 9.17) is 10.5 Å². The van der Waals surface area contributed by atoms with E-state index in [1.165, 1.54) is 11.8 Å². The van der Waals surface area contributed by atoms with E-state index in [2.05, 4.69) is 0 Å². The molecular formula is C27H29NO4S. The van der Waals surface area contributed by atoms with Gasteiger partial charge < -0.3 is 15.6 Å². The lowest BCUT2D eigenvalue weighted by molar-refractivity contribution is -0.157. The molecule has 0 heterocycles. The van der Waals surface area contributed by atoms with E-state index < -0.39 is 33.6 Å². The first-order valence-corrected chi connectivity index (χ1v) is 11.6. The average Bonchev–Trinajstić information content (AvgIpc) is 2.80. The predicted octanol–water partition coefficient (Wildman–Crippen LogP) is 4.83. The zero-order valence-corrected chi connectivity index (χ0v) is 19.8. The molecule has 0 saturated heterocycles. The van der Waals surface area contributed by atoms with Crippen LogP contribution in [0.15, 0.2) is 91.0 Å². The molecule has 0 saturated carbocycles. The van der Waals surface area contributed by atoms with Crippen LogP contribution < -0.4 is 5.73 Å². The Balaban J connectivity index is 2.27. The maximum absolute atomic E-state index is 13.3. The molecule has 3 aromatic rings. The summed E-state index contributed by atoms with van der Waals surface area (Å²) >= 11 is 1.20. The molecule has 6 heteroatoms. The first kappa shape index (κ1) is 24.6. The zero-order valence-electron chi connectivity index (χ0n) is 19.0. The molecule has 3 rings (SSSR count). The van der Waals surface area contributed by atoms with Crippen LogP contribution in [0.4, 0.5) is 0 Å². The highest BCUT2D eigenvalue weighted by atomic mass is 32.2. The van der Waals surface area contributed by atoms with E-state index >= 15 is 0 Å². The molecule has 0 fully saturated rings. The number of aliphatic carboxylic acids is 1. The van der Waals surface area contributed by atoms with Gasteiger partial charge in [-0.3, -0.25) is 9.59 Å². The van der Waals surface area contributed by atoms with E-state index in [-0.39, 0.29) is 0 Å². The Morgan fingerprint density at radius 1 is 0.788 bits per heavy atom. The quantitative estimate of drug-likeness (QED) is 0.367. The molecule has 0 aliphatic rings. The smallest absolute Gasteiger partial charge is 0.322 e. The van der Waals surface area contributed by atoms with Crippen LogP contribution in [-0.2, 0) is 19.1 Å². The molecular weight excluding hydrogens is 434 g/mol. The number of carbonyl (C=O) groups excluding carboxylic acids is 1. The van der Waals surface area contributed by atoms with E-state index in [9.17, 15) is 14.7 Å². The van der Waals surface area contributed by atoms with Crippen molar-refractivity contribution in [3.05, 3.63) is 108 Å². The minimum atomic E-state index is -1.46. The summed E-state index contributed by atoms with van der Waals surface area (Å²) in [4.78, 5) is 25.3. The van der Waals surface area contributed by atoms with Crippen molar-refractivity contribution in [1.29, 1.82) is 0 Å². The molecule has 3 N–H and O–H groups in total. The largest absolute Gasteiger partial charge is 0.480 e. The SMILES string of the molecule is CC(C)(C)OC(=O)C(SC(c1ccccc1)(c1ccccc1)c1ccccc1)[C@H](N)C(=O)O. The first-order valence-electron chi connectivity index (χ1n) is 10.7. The Hall–Kier alpha value is -3.09. The Bertz CT molecular complexity index is 969. The predicted molar refractivity (Wildman–Crippen MR) is 132 cm³/mol. The van der Waals surface area contributed by atoms with Gasteiger partial charge in [0.05, 0.1) is 4.75 Å². The molecule has 0 aliphatic carbocycles. The lowest BCUT2D eigenvalue weighted by Crippen LogP contribution is -2.49. The standard InChI is InChI=1S/C27H29NO4S/c1-26(2,3)32-25(31)23(22(28)24(29)30)33-27(19-13-7-4-8-14-19,20-15-9-5-10-16-20)21-17-11-6-12-18-21/h4-18,22-23H,28H2,1-3H3,(H,29,30)/t22-,23?/m0/s1. The fraction of sp³-hybridized carbons (Fsp3) is 0.259. The van der Waals surface area contributed by atoms with Crippen molar-refractivity contribution < 1.29 is 19.4 Å². The number of nitrogens with two attached hydrogens (primary N) is 1. The Morgan fingerprint density at radius 3 is 1.45 bits per heavy atom. The monoisotopic (exact) mass is 463 g/mol. The first-order chi connectivity index (χ1) is 15.6. The molecule has 0 radical (unpaired) electrons. The Morgan fingerprint density at radius 2 is 1.15 bits per heavy atom. The van der Waals surface area contributed by atoms with Crippen molar-refractivity contribution in [3.63, 3.8) is 0 Å². The molecule has 3 aromatic carbocycles. The number of carboxylic acids is 1. The van der Waals surface area contributed by atoms with Crippen molar-refractivity contribution in [3.8, 4) is 0 Å². The van der Waals surface area contributed by atoms with Crippen LogP contribution in [0.3, 0.4) is 0 Å². The van der Waals surface area contributed by atoms with Gasteiger partial charge in [0.2, 0.25) is 0 Å². The van der Waals surface area contributed by atoms with E-state index in [1.807, 2.05) is 91.0 Å². The number of thioether (sulfide) groups is 1. The average molecular weight is 464 g/mol. The van der Waals surface area contributed by atoms with Crippen LogP contribution in [0, 0.1) is 0 Å². The van der Waals surface area contributed by atoms with Crippen LogP contribution in [0.5, 0.6) is 0 Å². The van der Waals surface area contributed by atoms with Crippen molar-refractivity contribution in [2.24, 2.45) is 5.73 Å². The topological polar surface area (TPSA) is 89.6 Å². The zero-order chi connectivity index (χ0) is 24.1. The number of carbonyl (C=O) groups is 2. The Labute approximate surface area is 199 Å². The lowest BCUT2D eigenvalue weighted by atomic mass is 9.84. The summed E-state index contributed by atoms with van der Waals surface area (Å²) in [5.74, 6) is -1.92. The summed E-state index contributed by atoms with van der Waals surface area (Å²) in [5, 5.41) is 8.60. The van der Waals surface area contributed by atoms with E-state index in [1.54, 1.807) is 20.8 Å². The van der Waals surface area contributed by atoms with E-state index in [0.29, 0.717) is 0 Å². The molecule has 33 heavy (non-hydrogen) atoms. The summed E-state index contributed by atoms with van der Waals surface area (Å²) in [6, 6.07) is 27.7. The normalized spacial score (nSPS) is 13.7. The van der Waals surface area contributed by atoms with Crippen LogP contribution in [0.1, 0.15) is 37.5 Å². The highest BCUT2D eigenvalue weighted by Gasteiger charge is 2.45.